The van der Waals surface area contributed by atoms with Gasteiger partial charge in [0, 0.05) is 24.5 Å². The van der Waals surface area contributed by atoms with E-state index in [-0.39, 0.29) is 23.8 Å². The molecule has 2 aromatic carbocycles. The molecule has 5 nitrogen and oxygen atoms in total. The van der Waals surface area contributed by atoms with Gasteiger partial charge in [-0.25, -0.2) is 18.7 Å². The van der Waals surface area contributed by atoms with Gasteiger partial charge in [0.05, 0.1) is 18.7 Å². The van der Waals surface area contributed by atoms with E-state index in [0.717, 1.165) is 5.56 Å². The zero-order valence-electron chi connectivity index (χ0n) is 15.0. The van der Waals surface area contributed by atoms with Gasteiger partial charge in [-0.15, -0.1) is 0 Å². The molecular weight excluding hydrogens is 352 g/mol. The average Bonchev–Trinajstić information content (AvgIpc) is 2.67. The molecule has 1 aromatic heterocycles. The van der Waals surface area contributed by atoms with E-state index in [9.17, 15) is 8.78 Å². The van der Waals surface area contributed by atoms with Gasteiger partial charge in [0.15, 0.2) is 11.6 Å². The highest BCUT2D eigenvalue weighted by Crippen LogP contribution is 2.33. The van der Waals surface area contributed by atoms with Crippen LogP contribution in [0.5, 0.6) is 5.75 Å². The zero-order valence-corrected chi connectivity index (χ0v) is 15.0. The van der Waals surface area contributed by atoms with Crippen LogP contribution < -0.4 is 9.64 Å². The third-order valence-electron chi connectivity index (χ3n) is 4.69. The SMILES string of the molecule is COc1cc2c(N3CC(C)OC(c4ccc(F)cc4)C3)ncnc2cc1F. The molecule has 2 unspecified atom stereocenters. The third kappa shape index (κ3) is 3.42. The van der Waals surface area contributed by atoms with Crippen LogP contribution in [-0.4, -0.2) is 36.3 Å². The topological polar surface area (TPSA) is 47.5 Å². The number of morpholine rings is 1. The molecule has 0 radical (unpaired) electrons. The van der Waals surface area contributed by atoms with Gasteiger partial charge in [0.25, 0.3) is 0 Å². The van der Waals surface area contributed by atoms with Gasteiger partial charge in [0.2, 0.25) is 0 Å². The predicted molar refractivity (Wildman–Crippen MR) is 97.9 cm³/mol. The lowest BCUT2D eigenvalue weighted by Crippen LogP contribution is -2.43. The second-order valence-electron chi connectivity index (χ2n) is 6.59. The summed E-state index contributed by atoms with van der Waals surface area (Å²) in [7, 11) is 1.43. The fourth-order valence-corrected chi connectivity index (χ4v) is 3.44. The monoisotopic (exact) mass is 371 g/mol. The Morgan fingerprint density at radius 2 is 1.89 bits per heavy atom. The van der Waals surface area contributed by atoms with E-state index < -0.39 is 5.82 Å². The first-order valence-corrected chi connectivity index (χ1v) is 8.69. The molecular formula is C20H19F2N3O2. The van der Waals surface area contributed by atoms with Gasteiger partial charge in [0.1, 0.15) is 24.1 Å². The molecule has 1 fully saturated rings. The fraction of sp³-hybridized carbons (Fsp3) is 0.300. The number of fused-ring (bicyclic) bond motifs is 1. The smallest absolute Gasteiger partial charge is 0.167 e. The Labute approximate surface area is 155 Å². The molecule has 3 aromatic rings. The van der Waals surface area contributed by atoms with E-state index in [1.807, 2.05) is 6.92 Å². The van der Waals surface area contributed by atoms with E-state index in [4.69, 9.17) is 9.47 Å². The van der Waals surface area contributed by atoms with Crippen LogP contribution in [0.1, 0.15) is 18.6 Å². The number of anilines is 1. The number of nitrogens with zero attached hydrogens (tertiary/aromatic N) is 3. The first kappa shape index (κ1) is 17.6. The molecule has 0 amide bonds. The first-order chi connectivity index (χ1) is 13.0. The number of ether oxygens (including phenoxy) is 2. The highest BCUT2D eigenvalue weighted by molar-refractivity contribution is 5.90. The highest BCUT2D eigenvalue weighted by atomic mass is 19.1. The standard InChI is InChI=1S/C20H19F2N3O2/c1-12-9-25(10-19(27-12)13-3-5-14(21)6-4-13)20-15-7-18(26-2)16(22)8-17(15)23-11-24-20/h3-8,11-12,19H,9-10H2,1-2H3. The predicted octanol–water partition coefficient (Wildman–Crippen LogP) is 3.88. The highest BCUT2D eigenvalue weighted by Gasteiger charge is 2.28. The molecule has 1 aliphatic heterocycles. The van der Waals surface area contributed by atoms with Gasteiger partial charge in [-0.3, -0.25) is 0 Å². The van der Waals surface area contributed by atoms with Crippen LogP contribution in [0.15, 0.2) is 42.7 Å². The summed E-state index contributed by atoms with van der Waals surface area (Å²) in [6, 6.07) is 9.28. The van der Waals surface area contributed by atoms with E-state index >= 15 is 0 Å². The van der Waals surface area contributed by atoms with E-state index in [1.54, 1.807) is 18.2 Å². The Morgan fingerprint density at radius 3 is 2.63 bits per heavy atom. The Hall–Kier alpha value is -2.80. The number of aromatic nitrogens is 2. The summed E-state index contributed by atoms with van der Waals surface area (Å²) in [6.07, 6.45) is 1.15. The largest absolute Gasteiger partial charge is 0.494 e. The van der Waals surface area contributed by atoms with Crippen LogP contribution in [0.25, 0.3) is 10.9 Å². The lowest BCUT2D eigenvalue weighted by atomic mass is 10.1. The molecule has 1 saturated heterocycles. The molecule has 0 spiro atoms. The molecule has 0 aliphatic carbocycles. The van der Waals surface area contributed by atoms with E-state index in [2.05, 4.69) is 14.9 Å². The quantitative estimate of drug-likeness (QED) is 0.699. The second-order valence-corrected chi connectivity index (χ2v) is 6.59. The molecule has 1 aliphatic rings. The number of benzene rings is 2. The van der Waals surface area contributed by atoms with Crippen molar-refractivity contribution in [3.63, 3.8) is 0 Å². The Balaban J connectivity index is 1.72. The number of hydrogen-bond donors (Lipinski definition) is 0. The molecule has 0 N–H and O–H groups in total. The number of rotatable bonds is 3. The molecule has 0 bridgehead atoms. The minimum atomic E-state index is -0.464. The minimum absolute atomic E-state index is 0.0545. The summed E-state index contributed by atoms with van der Waals surface area (Å²) in [5, 5.41) is 0.711. The summed E-state index contributed by atoms with van der Waals surface area (Å²) >= 11 is 0. The lowest BCUT2D eigenvalue weighted by molar-refractivity contribution is -0.0175. The summed E-state index contributed by atoms with van der Waals surface area (Å²) < 4.78 is 38.4. The number of halogens is 2. The zero-order chi connectivity index (χ0) is 19.0. The second kappa shape index (κ2) is 7.08. The summed E-state index contributed by atoms with van der Waals surface area (Å²) in [5.74, 6) is 0.0973. The van der Waals surface area contributed by atoms with Crippen LogP contribution in [0.4, 0.5) is 14.6 Å². The van der Waals surface area contributed by atoms with Crippen molar-refractivity contribution in [3.8, 4) is 5.75 Å². The maximum atomic E-state index is 14.0. The Bertz CT molecular complexity index is 965. The van der Waals surface area contributed by atoms with Gasteiger partial charge in [-0.2, -0.15) is 0 Å². The summed E-state index contributed by atoms with van der Waals surface area (Å²) in [4.78, 5) is 10.7. The molecule has 0 saturated carbocycles. The molecule has 2 atom stereocenters. The van der Waals surface area contributed by atoms with Crippen LogP contribution in [0.3, 0.4) is 0 Å². The summed E-state index contributed by atoms with van der Waals surface area (Å²) in [6.45, 7) is 3.15. The molecule has 140 valence electrons. The van der Waals surface area contributed by atoms with Crippen molar-refractivity contribution in [2.24, 2.45) is 0 Å². The maximum absolute atomic E-state index is 14.0. The van der Waals surface area contributed by atoms with Crippen LogP contribution in [0, 0.1) is 11.6 Å². The van der Waals surface area contributed by atoms with Crippen molar-refractivity contribution >= 4 is 16.7 Å². The van der Waals surface area contributed by atoms with Gasteiger partial charge in [-0.1, -0.05) is 12.1 Å². The van der Waals surface area contributed by atoms with Crippen molar-refractivity contribution in [1.82, 2.24) is 9.97 Å². The molecule has 27 heavy (non-hydrogen) atoms. The van der Waals surface area contributed by atoms with Crippen LogP contribution in [-0.2, 0) is 4.74 Å². The van der Waals surface area contributed by atoms with E-state index in [1.165, 1.54) is 31.6 Å². The van der Waals surface area contributed by atoms with Crippen molar-refractivity contribution < 1.29 is 18.3 Å². The average molecular weight is 371 g/mol. The normalized spacial score (nSPS) is 20.1. The first-order valence-electron chi connectivity index (χ1n) is 8.69. The van der Waals surface area contributed by atoms with Gasteiger partial charge in [-0.05, 0) is 30.7 Å². The third-order valence-corrected chi connectivity index (χ3v) is 4.69. The fourth-order valence-electron chi connectivity index (χ4n) is 3.44. The van der Waals surface area contributed by atoms with Crippen molar-refractivity contribution in [2.75, 3.05) is 25.1 Å². The van der Waals surface area contributed by atoms with Gasteiger partial charge >= 0.3 is 0 Å². The number of methoxy groups -OCH3 is 1. The van der Waals surface area contributed by atoms with Crippen LogP contribution >= 0.6 is 0 Å². The molecule has 7 heteroatoms. The molecule has 4 rings (SSSR count). The van der Waals surface area contributed by atoms with Crippen molar-refractivity contribution in [1.29, 1.82) is 0 Å². The molecule has 2 heterocycles. The van der Waals surface area contributed by atoms with E-state index in [0.29, 0.717) is 29.8 Å². The van der Waals surface area contributed by atoms with Crippen molar-refractivity contribution in [2.45, 2.75) is 19.1 Å². The van der Waals surface area contributed by atoms with Crippen molar-refractivity contribution in [3.05, 3.63) is 59.9 Å². The minimum Gasteiger partial charge on any atom is -0.494 e. The summed E-state index contributed by atoms with van der Waals surface area (Å²) in [5.41, 5.74) is 1.41. The Kier molecular flexibility index (Phi) is 4.61. The van der Waals surface area contributed by atoms with Gasteiger partial charge < -0.3 is 14.4 Å². The maximum Gasteiger partial charge on any atom is 0.167 e. The number of hydrogen-bond acceptors (Lipinski definition) is 5. The van der Waals surface area contributed by atoms with Crippen LogP contribution in [0.2, 0.25) is 0 Å². The Morgan fingerprint density at radius 1 is 1.11 bits per heavy atom. The lowest BCUT2D eigenvalue weighted by Gasteiger charge is -2.38.